The minimum Gasteiger partial charge on any atom is -0.294 e. The van der Waals surface area contributed by atoms with E-state index in [-0.39, 0.29) is 17.0 Å². The lowest BCUT2D eigenvalue weighted by Gasteiger charge is -2.07. The summed E-state index contributed by atoms with van der Waals surface area (Å²) in [5, 5.41) is 12.4. The zero-order valence-electron chi connectivity index (χ0n) is 9.82. The zero-order valence-corrected chi connectivity index (χ0v) is 10.6. The molecule has 100 valence electrons. The quantitative estimate of drug-likeness (QED) is 0.911. The maximum Gasteiger partial charge on any atom is 0.273 e. The highest BCUT2D eigenvalue weighted by Gasteiger charge is 2.33. The Morgan fingerprint density at radius 1 is 1.21 bits per heavy atom. The molecule has 6 nitrogen and oxygen atoms in total. The van der Waals surface area contributed by atoms with Crippen LogP contribution in [0.2, 0.25) is 0 Å². The Hall–Kier alpha value is -1.80. The molecule has 1 aromatic heterocycles. The van der Waals surface area contributed by atoms with Gasteiger partial charge in [-0.05, 0) is 37.1 Å². The molecule has 0 unspecified atom stereocenters. The molecule has 1 aromatic carbocycles. The second-order valence-corrected chi connectivity index (χ2v) is 5.91. The first-order valence-corrected chi connectivity index (χ1v) is 7.25. The lowest BCUT2D eigenvalue weighted by Crippen LogP contribution is -2.18. The summed E-state index contributed by atoms with van der Waals surface area (Å²) in [6, 6.07) is 5.69. The molecule has 19 heavy (non-hydrogen) atoms. The van der Waals surface area contributed by atoms with Gasteiger partial charge < -0.3 is 0 Å². The molecule has 1 saturated carbocycles. The molecule has 2 N–H and O–H groups in total. The van der Waals surface area contributed by atoms with Crippen LogP contribution >= 0.6 is 0 Å². The maximum absolute atomic E-state index is 12.9. The van der Waals surface area contributed by atoms with Crippen molar-refractivity contribution in [3.8, 4) is 11.4 Å². The highest BCUT2D eigenvalue weighted by Crippen LogP contribution is 2.39. The number of primary sulfonamides is 1. The summed E-state index contributed by atoms with van der Waals surface area (Å²) in [7, 11) is -3.92. The summed E-state index contributed by atoms with van der Waals surface area (Å²) in [6.07, 6.45) is 1.71. The average Bonchev–Trinajstić information content (AvgIpc) is 3.07. The van der Waals surface area contributed by atoms with Crippen molar-refractivity contribution in [1.82, 2.24) is 14.8 Å². The number of hydrogen-bond donors (Lipinski definition) is 1. The summed E-state index contributed by atoms with van der Waals surface area (Å²) in [6.45, 7) is 0. The van der Waals surface area contributed by atoms with E-state index in [1.807, 2.05) is 0 Å². The Morgan fingerprint density at radius 2 is 1.84 bits per heavy atom. The van der Waals surface area contributed by atoms with Crippen LogP contribution in [0.15, 0.2) is 29.4 Å². The second kappa shape index (κ2) is 4.10. The Morgan fingerprint density at radius 3 is 2.37 bits per heavy atom. The van der Waals surface area contributed by atoms with Crippen molar-refractivity contribution in [2.75, 3.05) is 0 Å². The SMILES string of the molecule is NS(=O)(=O)c1nnc(-c2ccc(F)cc2)n1C1CC1. The largest absolute Gasteiger partial charge is 0.294 e. The summed E-state index contributed by atoms with van der Waals surface area (Å²) >= 11 is 0. The van der Waals surface area contributed by atoms with Crippen LogP contribution in [-0.4, -0.2) is 23.2 Å². The van der Waals surface area contributed by atoms with Gasteiger partial charge in [-0.15, -0.1) is 10.2 Å². The van der Waals surface area contributed by atoms with E-state index < -0.39 is 10.0 Å². The van der Waals surface area contributed by atoms with E-state index in [1.165, 1.54) is 28.8 Å². The van der Waals surface area contributed by atoms with Gasteiger partial charge in [0.05, 0.1) is 0 Å². The lowest BCUT2D eigenvalue weighted by atomic mass is 10.2. The lowest BCUT2D eigenvalue weighted by molar-refractivity contribution is 0.567. The Bertz CT molecular complexity index is 720. The van der Waals surface area contributed by atoms with Crippen molar-refractivity contribution in [2.24, 2.45) is 5.14 Å². The number of nitrogens with two attached hydrogens (primary N) is 1. The van der Waals surface area contributed by atoms with Crippen LogP contribution in [0.5, 0.6) is 0 Å². The molecule has 0 aliphatic heterocycles. The topological polar surface area (TPSA) is 90.9 Å². The fourth-order valence-corrected chi connectivity index (χ4v) is 2.59. The van der Waals surface area contributed by atoms with Crippen LogP contribution in [0.4, 0.5) is 4.39 Å². The van der Waals surface area contributed by atoms with E-state index in [2.05, 4.69) is 10.2 Å². The first-order chi connectivity index (χ1) is 8.97. The van der Waals surface area contributed by atoms with Crippen molar-refractivity contribution in [3.05, 3.63) is 30.1 Å². The third-order valence-electron chi connectivity index (χ3n) is 2.93. The van der Waals surface area contributed by atoms with E-state index in [4.69, 9.17) is 5.14 Å². The molecule has 1 fully saturated rings. The Labute approximate surface area is 109 Å². The second-order valence-electron chi connectivity index (χ2n) is 4.46. The van der Waals surface area contributed by atoms with Crippen molar-refractivity contribution >= 4 is 10.0 Å². The third kappa shape index (κ3) is 2.24. The molecule has 3 rings (SSSR count). The maximum atomic E-state index is 12.9. The monoisotopic (exact) mass is 282 g/mol. The Kier molecular flexibility index (Phi) is 2.64. The predicted molar refractivity (Wildman–Crippen MR) is 65.1 cm³/mol. The minimum atomic E-state index is -3.92. The first kappa shape index (κ1) is 12.2. The number of nitrogens with zero attached hydrogens (tertiary/aromatic N) is 3. The van der Waals surface area contributed by atoms with E-state index in [0.29, 0.717) is 11.4 Å². The number of sulfonamides is 1. The van der Waals surface area contributed by atoms with Crippen LogP contribution in [0.1, 0.15) is 18.9 Å². The number of benzene rings is 1. The molecule has 8 heteroatoms. The summed E-state index contributed by atoms with van der Waals surface area (Å²) in [5.41, 5.74) is 0.607. The standard InChI is InChI=1S/C11H11FN4O2S/c12-8-3-1-7(2-4-8)10-14-15-11(19(13,17)18)16(10)9-5-6-9/h1-4,9H,5-6H2,(H2,13,17,18). The molecule has 1 aliphatic rings. The number of rotatable bonds is 3. The van der Waals surface area contributed by atoms with Gasteiger partial charge in [0.2, 0.25) is 0 Å². The zero-order chi connectivity index (χ0) is 13.6. The molecule has 0 amide bonds. The normalized spacial score (nSPS) is 15.7. The molecule has 0 saturated heterocycles. The van der Waals surface area contributed by atoms with Gasteiger partial charge in [0, 0.05) is 11.6 Å². The van der Waals surface area contributed by atoms with Gasteiger partial charge >= 0.3 is 0 Å². The fraction of sp³-hybridized carbons (Fsp3) is 0.273. The van der Waals surface area contributed by atoms with E-state index in [1.54, 1.807) is 0 Å². The average molecular weight is 282 g/mol. The van der Waals surface area contributed by atoms with E-state index in [0.717, 1.165) is 12.8 Å². The van der Waals surface area contributed by atoms with Gasteiger partial charge in [-0.1, -0.05) is 0 Å². The first-order valence-electron chi connectivity index (χ1n) is 5.70. The van der Waals surface area contributed by atoms with Crippen LogP contribution in [0, 0.1) is 5.82 Å². The molecule has 1 aliphatic carbocycles. The van der Waals surface area contributed by atoms with Crippen molar-refractivity contribution in [1.29, 1.82) is 0 Å². The molecule has 2 aromatic rings. The molecule has 0 radical (unpaired) electrons. The molecule has 0 bridgehead atoms. The van der Waals surface area contributed by atoms with Crippen LogP contribution in [0.3, 0.4) is 0 Å². The van der Waals surface area contributed by atoms with Crippen LogP contribution < -0.4 is 5.14 Å². The summed E-state index contributed by atoms with van der Waals surface area (Å²) < 4.78 is 37.4. The highest BCUT2D eigenvalue weighted by molar-refractivity contribution is 7.89. The highest BCUT2D eigenvalue weighted by atomic mass is 32.2. The van der Waals surface area contributed by atoms with E-state index in [9.17, 15) is 12.8 Å². The van der Waals surface area contributed by atoms with Gasteiger partial charge in [-0.3, -0.25) is 4.57 Å². The van der Waals surface area contributed by atoms with Gasteiger partial charge in [0.1, 0.15) is 5.82 Å². The third-order valence-corrected chi connectivity index (χ3v) is 3.72. The molecular formula is C11H11FN4O2S. The van der Waals surface area contributed by atoms with Gasteiger partial charge in [0.15, 0.2) is 5.82 Å². The van der Waals surface area contributed by atoms with Crippen molar-refractivity contribution in [2.45, 2.75) is 24.0 Å². The van der Waals surface area contributed by atoms with Crippen LogP contribution in [0.25, 0.3) is 11.4 Å². The summed E-state index contributed by atoms with van der Waals surface area (Å²) in [4.78, 5) is 0. The minimum absolute atomic E-state index is 0.0448. The van der Waals surface area contributed by atoms with Gasteiger partial charge in [-0.2, -0.15) is 0 Å². The van der Waals surface area contributed by atoms with Gasteiger partial charge in [-0.25, -0.2) is 17.9 Å². The molecule has 1 heterocycles. The Balaban J connectivity index is 2.17. The number of hydrogen-bond acceptors (Lipinski definition) is 4. The molecule has 0 atom stereocenters. The van der Waals surface area contributed by atoms with Crippen LogP contribution in [-0.2, 0) is 10.0 Å². The molecule has 0 spiro atoms. The summed E-state index contributed by atoms with van der Waals surface area (Å²) in [5.74, 6) is 0.0273. The van der Waals surface area contributed by atoms with Gasteiger partial charge in [0.25, 0.3) is 15.2 Å². The van der Waals surface area contributed by atoms with Crippen molar-refractivity contribution in [3.63, 3.8) is 0 Å². The van der Waals surface area contributed by atoms with Crippen molar-refractivity contribution < 1.29 is 12.8 Å². The number of aromatic nitrogens is 3. The predicted octanol–water partition coefficient (Wildman–Crippen LogP) is 1.07. The fourth-order valence-electron chi connectivity index (χ4n) is 1.93. The van der Waals surface area contributed by atoms with E-state index >= 15 is 0 Å². The smallest absolute Gasteiger partial charge is 0.273 e. The molecular weight excluding hydrogens is 271 g/mol. The number of halogens is 1.